The molecule has 0 spiro atoms. The molecule has 0 N–H and O–H groups in total. The number of benzene rings is 13. The van der Waals surface area contributed by atoms with E-state index in [1.807, 2.05) is 328 Å². The van der Waals surface area contributed by atoms with Crippen LogP contribution in [0.2, 0.25) is 0 Å². The number of amides is 4. The van der Waals surface area contributed by atoms with Crippen molar-refractivity contribution >= 4 is 52.1 Å². The molecule has 6 aromatic heterocycles. The van der Waals surface area contributed by atoms with Crippen molar-refractivity contribution in [2.45, 2.75) is 0 Å². The summed E-state index contributed by atoms with van der Waals surface area (Å²) in [4.78, 5) is 99.8. The Hall–Kier alpha value is -19.4. The minimum atomic E-state index is -0.376. The van der Waals surface area contributed by atoms with Crippen molar-refractivity contribution in [1.29, 1.82) is 15.8 Å². The molecule has 19 rings (SSSR count). The summed E-state index contributed by atoms with van der Waals surface area (Å²) in [5, 5.41) is 28.2. The second-order valence-electron chi connectivity index (χ2n) is 33.2. The zero-order valence-corrected chi connectivity index (χ0v) is 75.2. The maximum absolute atomic E-state index is 15.2. The number of rotatable bonds is 22. The van der Waals surface area contributed by atoms with Gasteiger partial charge in [-0.3, -0.25) is 49.1 Å². The van der Waals surface area contributed by atoms with E-state index in [0.29, 0.717) is 79.0 Å². The Labute approximate surface area is 798 Å². The van der Waals surface area contributed by atoms with Crippen LogP contribution >= 0.6 is 0 Å². The molecule has 0 saturated carbocycles. The van der Waals surface area contributed by atoms with Crippen LogP contribution in [0.25, 0.3) is 161 Å². The minimum Gasteiger partial charge on any atom is -0.310 e. The Morgan fingerprint density at radius 1 is 0.225 bits per heavy atom. The Morgan fingerprint density at radius 2 is 0.449 bits per heavy atom. The highest BCUT2D eigenvalue weighted by Gasteiger charge is 2.27. The molecule has 0 aliphatic rings. The lowest BCUT2D eigenvalue weighted by Crippen LogP contribution is -2.29. The van der Waals surface area contributed by atoms with Crippen LogP contribution in [-0.2, 0) is 0 Å². The van der Waals surface area contributed by atoms with Crippen LogP contribution in [0.5, 0.6) is 0 Å². The number of carbonyl (C=O) groups is 4. The van der Waals surface area contributed by atoms with E-state index < -0.39 is 0 Å². The SMILES string of the molecule is [C-]#[N+]c1ccc(-c2cccc(-c3ccc(N(C)C(=O)c4cc(C(=O)N(C)c5ccc(-c6cccc(-c7ccc(C#N)cc7)c6)nc5)cc(-c5ccccc5-c5ccc(-c6ccc(-c7ccc(-c8ccccc8-c8cc(C(=O)N(C)c9ccc(-c%10cccc(-c%11ccc(C#N)cc%11)c%10)nc9)cc(C(=O)N(C)c9ccc(-c%10cccc(-c%11ccc(C#N)cc%11)c%10)nc9)c8)cn7)cc6)nc5)c4)cn3)c2)cc1. The molecule has 0 atom stereocenters. The van der Waals surface area contributed by atoms with Gasteiger partial charge in [0.05, 0.1) is 123 Å². The van der Waals surface area contributed by atoms with Crippen LogP contribution < -0.4 is 19.6 Å². The average molecular weight is 1780 g/mol. The number of nitrogens with zero attached hydrogens (tertiary/aromatic N) is 14. The minimum absolute atomic E-state index is 0.261. The lowest BCUT2D eigenvalue weighted by molar-refractivity contribution is 0.0978. The number of pyridine rings is 6. The molecule has 0 saturated heterocycles. The van der Waals surface area contributed by atoms with Gasteiger partial charge in [-0.15, -0.1) is 0 Å². The van der Waals surface area contributed by atoms with E-state index >= 15 is 19.2 Å². The standard InChI is InChI=1S/C120H80N14O4/c1-124-102-46-42-83(43-47-102)89-17-13-21-93(61-89)116-57-51-106(76-130-116)134(5)120(138)101-65-97(64-100(67-101)119(137)133(4)105-50-56-115(129-75-105)92-20-12-16-88(60-92)82-36-30-79(70-123)31-37-82)110-25-9-7-23-108(110)95-45-53-112(126-72-95)85-40-38-84(39-41-85)111-52-44-94(71-125-111)107-22-6-8-24-109(107)96-62-98(117(135)131(2)103-48-54-113(127-73-103)90-18-10-14-86(58-90)80-32-26-77(68-121)27-33-80)66-99(63-96)118(136)132(3)104-49-55-114(128-74-104)91-19-11-15-87(59-91)81-34-28-78(69-122)29-35-81/h6-67,71-76H,2-5H3. The van der Waals surface area contributed by atoms with Crippen molar-refractivity contribution in [1.82, 2.24) is 29.9 Å². The van der Waals surface area contributed by atoms with E-state index in [1.165, 1.54) is 19.6 Å². The molecule has 19 aromatic rings. The molecule has 0 unspecified atom stereocenters. The third-order valence-electron chi connectivity index (χ3n) is 24.7. The lowest BCUT2D eigenvalue weighted by Gasteiger charge is -2.21. The highest BCUT2D eigenvalue weighted by Crippen LogP contribution is 2.41. The van der Waals surface area contributed by atoms with Crippen molar-refractivity contribution in [2.75, 3.05) is 47.8 Å². The summed E-state index contributed by atoms with van der Waals surface area (Å²) in [6.07, 6.45) is 10.3. The summed E-state index contributed by atoms with van der Waals surface area (Å²) in [6, 6.07) is 125. The third-order valence-corrected chi connectivity index (χ3v) is 24.7. The maximum atomic E-state index is 15.2. The number of carbonyl (C=O) groups excluding carboxylic acids is 4. The van der Waals surface area contributed by atoms with Gasteiger partial charge in [-0.2, -0.15) is 15.8 Å². The fourth-order valence-corrected chi connectivity index (χ4v) is 16.9. The van der Waals surface area contributed by atoms with Crippen LogP contribution in [0.3, 0.4) is 0 Å². The molecule has 6 heterocycles. The molecule has 0 radical (unpaired) electrons. The van der Waals surface area contributed by atoms with Crippen molar-refractivity contribution in [3.8, 4) is 175 Å². The normalized spacial score (nSPS) is 10.8. The molecule has 4 amide bonds. The first-order chi connectivity index (χ1) is 67.4. The molecular formula is C120H80N14O4. The van der Waals surface area contributed by atoms with Crippen LogP contribution in [0.15, 0.2) is 413 Å². The van der Waals surface area contributed by atoms with Gasteiger partial charge in [0.2, 0.25) is 0 Å². The van der Waals surface area contributed by atoms with Gasteiger partial charge in [0.1, 0.15) is 0 Å². The average Bonchev–Trinajstić information content (AvgIpc) is 0.779. The van der Waals surface area contributed by atoms with Crippen LogP contribution in [0.4, 0.5) is 28.4 Å². The molecule has 0 bridgehead atoms. The van der Waals surface area contributed by atoms with Gasteiger partial charge in [0, 0.05) is 107 Å². The zero-order valence-electron chi connectivity index (χ0n) is 75.2. The van der Waals surface area contributed by atoms with Gasteiger partial charge in [-0.05, 0) is 236 Å². The van der Waals surface area contributed by atoms with E-state index in [-0.39, 0.29) is 45.9 Å². The number of nitriles is 3. The molecule has 654 valence electrons. The fraction of sp³-hybridized carbons (Fsp3) is 0.0333. The molecular weight excluding hydrogens is 1700 g/mol. The van der Waals surface area contributed by atoms with Gasteiger partial charge in [-0.25, -0.2) is 4.85 Å². The Bertz CT molecular complexity index is 7230. The van der Waals surface area contributed by atoms with Crippen molar-refractivity contribution < 1.29 is 19.2 Å². The first-order valence-electron chi connectivity index (χ1n) is 44.4. The maximum Gasteiger partial charge on any atom is 0.258 e. The number of hydrogen-bond acceptors (Lipinski definition) is 13. The van der Waals surface area contributed by atoms with Gasteiger partial charge in [-0.1, -0.05) is 218 Å². The molecule has 0 aliphatic carbocycles. The van der Waals surface area contributed by atoms with Gasteiger partial charge in [0.15, 0.2) is 5.69 Å². The quantitative estimate of drug-likeness (QED) is 0.0575. The number of hydrogen-bond donors (Lipinski definition) is 0. The van der Waals surface area contributed by atoms with Gasteiger partial charge < -0.3 is 19.6 Å². The fourth-order valence-electron chi connectivity index (χ4n) is 16.9. The highest BCUT2D eigenvalue weighted by atomic mass is 16.2. The van der Waals surface area contributed by atoms with E-state index in [0.717, 1.165) is 123 Å². The zero-order chi connectivity index (χ0) is 94.9. The molecule has 0 fully saturated rings. The predicted octanol–water partition coefficient (Wildman–Crippen LogP) is 26.7. The molecule has 18 nitrogen and oxygen atoms in total. The summed E-state index contributed by atoms with van der Waals surface area (Å²) < 4.78 is 0. The Balaban J connectivity index is 0.583. The summed E-state index contributed by atoms with van der Waals surface area (Å²) in [7, 11) is 6.75. The monoisotopic (exact) mass is 1780 g/mol. The summed E-state index contributed by atoms with van der Waals surface area (Å²) in [5.41, 5.74) is 28.5. The second-order valence-corrected chi connectivity index (χ2v) is 33.2. The first kappa shape index (κ1) is 87.9. The smallest absolute Gasteiger partial charge is 0.258 e. The summed E-state index contributed by atoms with van der Waals surface area (Å²) in [6.45, 7) is 7.41. The van der Waals surface area contributed by atoms with Crippen molar-refractivity contribution in [2.24, 2.45) is 0 Å². The van der Waals surface area contributed by atoms with Gasteiger partial charge in [0.25, 0.3) is 23.6 Å². The van der Waals surface area contributed by atoms with Crippen LogP contribution in [-0.4, -0.2) is 81.7 Å². The highest BCUT2D eigenvalue weighted by molar-refractivity contribution is 6.13. The molecule has 0 aliphatic heterocycles. The summed E-state index contributed by atoms with van der Waals surface area (Å²) >= 11 is 0. The van der Waals surface area contributed by atoms with Crippen LogP contribution in [0.1, 0.15) is 58.1 Å². The molecule has 138 heavy (non-hydrogen) atoms. The first-order valence-corrected chi connectivity index (χ1v) is 44.4. The number of anilines is 4. The topological polar surface area (TPSA) is 234 Å². The van der Waals surface area contributed by atoms with Crippen molar-refractivity contribution in [3.63, 3.8) is 0 Å². The lowest BCUT2D eigenvalue weighted by atomic mass is 9.92. The molecule has 18 heteroatoms. The second kappa shape index (κ2) is 39.0. The van der Waals surface area contributed by atoms with E-state index in [2.05, 4.69) is 23.1 Å². The van der Waals surface area contributed by atoms with E-state index in [9.17, 15) is 15.8 Å². The van der Waals surface area contributed by atoms with E-state index in [1.54, 1.807) is 114 Å². The number of aromatic nitrogens is 6. The van der Waals surface area contributed by atoms with Gasteiger partial charge >= 0.3 is 0 Å². The van der Waals surface area contributed by atoms with E-state index in [4.69, 9.17) is 36.5 Å². The van der Waals surface area contributed by atoms with Crippen molar-refractivity contribution in [3.05, 3.63) is 464 Å². The van der Waals surface area contributed by atoms with Crippen LogP contribution in [0, 0.1) is 40.6 Å². The third kappa shape index (κ3) is 18.7. The Morgan fingerprint density at radius 3 is 0.688 bits per heavy atom. The summed E-state index contributed by atoms with van der Waals surface area (Å²) in [5.74, 6) is -1.50. The Kier molecular flexibility index (Phi) is 24.8. The largest absolute Gasteiger partial charge is 0.310 e. The predicted molar refractivity (Wildman–Crippen MR) is 546 cm³/mol. The molecule has 13 aromatic carbocycles.